The van der Waals surface area contributed by atoms with E-state index in [1.807, 2.05) is 0 Å². The van der Waals surface area contributed by atoms with Gasteiger partial charge in [-0.15, -0.1) is 0 Å². The zero-order valence-corrected chi connectivity index (χ0v) is 12.2. The SMILES string of the molecule is O=C(O)c1cc2ccnc(Cl)c2n1CCN1CCOCC1. The first kappa shape index (κ1) is 14.3. The summed E-state index contributed by atoms with van der Waals surface area (Å²) in [6.45, 7) is 4.51. The van der Waals surface area contributed by atoms with Crippen molar-refractivity contribution >= 4 is 28.5 Å². The van der Waals surface area contributed by atoms with Gasteiger partial charge in [0.2, 0.25) is 0 Å². The molecular formula is C14H16ClN3O3. The molecule has 3 rings (SSSR count). The number of carbonyl (C=O) groups is 1. The van der Waals surface area contributed by atoms with Crippen LogP contribution in [-0.4, -0.2) is 58.4 Å². The van der Waals surface area contributed by atoms with Crippen molar-refractivity contribution in [2.45, 2.75) is 6.54 Å². The minimum atomic E-state index is -0.954. The average molecular weight is 310 g/mol. The topological polar surface area (TPSA) is 67.6 Å². The predicted octanol–water partition coefficient (Wildman–Crippen LogP) is 1.72. The van der Waals surface area contributed by atoms with Crippen molar-refractivity contribution in [3.8, 4) is 0 Å². The van der Waals surface area contributed by atoms with E-state index in [4.69, 9.17) is 16.3 Å². The molecule has 1 N–H and O–H groups in total. The molecule has 0 bridgehead atoms. The highest BCUT2D eigenvalue weighted by Crippen LogP contribution is 2.25. The number of pyridine rings is 1. The summed E-state index contributed by atoms with van der Waals surface area (Å²) in [6.07, 6.45) is 1.59. The van der Waals surface area contributed by atoms with E-state index in [1.165, 1.54) is 0 Å². The van der Waals surface area contributed by atoms with Gasteiger partial charge in [-0.2, -0.15) is 0 Å². The van der Waals surface area contributed by atoms with Crippen LogP contribution in [0.5, 0.6) is 0 Å². The normalized spacial score (nSPS) is 16.4. The predicted molar refractivity (Wildman–Crippen MR) is 79.0 cm³/mol. The molecule has 21 heavy (non-hydrogen) atoms. The number of rotatable bonds is 4. The Morgan fingerprint density at radius 1 is 1.38 bits per heavy atom. The molecule has 2 aromatic heterocycles. The summed E-state index contributed by atoms with van der Waals surface area (Å²) in [4.78, 5) is 17.7. The molecule has 0 spiro atoms. The number of carboxylic acids is 1. The molecule has 1 fully saturated rings. The van der Waals surface area contributed by atoms with Gasteiger partial charge in [0.05, 0.1) is 18.7 Å². The number of morpholine rings is 1. The Balaban J connectivity index is 1.91. The largest absolute Gasteiger partial charge is 0.477 e. The summed E-state index contributed by atoms with van der Waals surface area (Å²) >= 11 is 6.14. The molecule has 0 aromatic carbocycles. The van der Waals surface area contributed by atoms with Crippen molar-refractivity contribution in [1.29, 1.82) is 0 Å². The molecule has 1 aliphatic heterocycles. The molecule has 0 radical (unpaired) electrons. The van der Waals surface area contributed by atoms with E-state index < -0.39 is 5.97 Å². The minimum Gasteiger partial charge on any atom is -0.477 e. The molecule has 2 aromatic rings. The van der Waals surface area contributed by atoms with Gasteiger partial charge >= 0.3 is 5.97 Å². The molecule has 1 saturated heterocycles. The van der Waals surface area contributed by atoms with Crippen LogP contribution in [0.4, 0.5) is 0 Å². The molecule has 0 atom stereocenters. The maximum Gasteiger partial charge on any atom is 0.352 e. The van der Waals surface area contributed by atoms with Crippen molar-refractivity contribution in [3.05, 3.63) is 29.2 Å². The number of aromatic nitrogens is 2. The Morgan fingerprint density at radius 2 is 2.14 bits per heavy atom. The molecule has 0 saturated carbocycles. The number of hydrogen-bond acceptors (Lipinski definition) is 4. The first-order chi connectivity index (χ1) is 10.2. The van der Waals surface area contributed by atoms with Crippen LogP contribution in [0.2, 0.25) is 5.15 Å². The fourth-order valence-electron chi connectivity index (χ4n) is 2.65. The van der Waals surface area contributed by atoms with E-state index in [0.29, 0.717) is 17.2 Å². The first-order valence-electron chi connectivity index (χ1n) is 6.84. The van der Waals surface area contributed by atoms with Crippen LogP contribution in [0.1, 0.15) is 10.5 Å². The molecular weight excluding hydrogens is 294 g/mol. The van der Waals surface area contributed by atoms with Crippen LogP contribution in [0.15, 0.2) is 18.3 Å². The van der Waals surface area contributed by atoms with Crippen molar-refractivity contribution in [2.75, 3.05) is 32.8 Å². The second kappa shape index (κ2) is 6.01. The molecule has 3 heterocycles. The summed E-state index contributed by atoms with van der Waals surface area (Å²) < 4.78 is 7.05. The van der Waals surface area contributed by atoms with Gasteiger partial charge in [-0.3, -0.25) is 4.90 Å². The molecule has 0 amide bonds. The third kappa shape index (κ3) is 2.88. The lowest BCUT2D eigenvalue weighted by molar-refractivity contribution is 0.0362. The number of ether oxygens (including phenoxy) is 1. The summed E-state index contributed by atoms with van der Waals surface area (Å²) in [5, 5.41) is 10.5. The second-order valence-corrected chi connectivity index (χ2v) is 5.34. The molecule has 7 heteroatoms. The standard InChI is InChI=1S/C14H16ClN3O3/c15-13-12-10(1-2-16-13)9-11(14(19)20)18(12)4-3-17-5-7-21-8-6-17/h1-2,9H,3-8H2,(H,19,20). The van der Waals surface area contributed by atoms with Crippen LogP contribution in [0, 0.1) is 0 Å². The summed E-state index contributed by atoms with van der Waals surface area (Å²) in [7, 11) is 0. The molecule has 0 unspecified atom stereocenters. The van der Waals surface area contributed by atoms with E-state index in [1.54, 1.807) is 22.9 Å². The quantitative estimate of drug-likeness (QED) is 0.871. The van der Waals surface area contributed by atoms with Gasteiger partial charge in [0.15, 0.2) is 5.15 Å². The fourth-order valence-corrected chi connectivity index (χ4v) is 2.91. The number of hydrogen-bond donors (Lipinski definition) is 1. The van der Waals surface area contributed by atoms with Gasteiger partial charge in [0.25, 0.3) is 0 Å². The third-order valence-electron chi connectivity index (χ3n) is 3.73. The van der Waals surface area contributed by atoms with Crippen molar-refractivity contribution in [3.63, 3.8) is 0 Å². The molecule has 0 aliphatic carbocycles. The Labute approximate surface area is 126 Å². The zero-order chi connectivity index (χ0) is 14.8. The van der Waals surface area contributed by atoms with E-state index in [9.17, 15) is 9.90 Å². The monoisotopic (exact) mass is 309 g/mol. The Kier molecular flexibility index (Phi) is 4.10. The highest BCUT2D eigenvalue weighted by Gasteiger charge is 2.18. The van der Waals surface area contributed by atoms with E-state index >= 15 is 0 Å². The molecule has 112 valence electrons. The Morgan fingerprint density at radius 3 is 2.86 bits per heavy atom. The number of halogens is 1. The van der Waals surface area contributed by atoms with Crippen molar-refractivity contribution < 1.29 is 14.6 Å². The van der Waals surface area contributed by atoms with Crippen LogP contribution in [0.25, 0.3) is 10.9 Å². The summed E-state index contributed by atoms with van der Waals surface area (Å²) in [6, 6.07) is 3.42. The fraction of sp³-hybridized carbons (Fsp3) is 0.429. The number of carboxylic acid groups (broad SMARTS) is 1. The highest BCUT2D eigenvalue weighted by atomic mass is 35.5. The third-order valence-corrected chi connectivity index (χ3v) is 4.00. The lowest BCUT2D eigenvalue weighted by Gasteiger charge is -2.27. The van der Waals surface area contributed by atoms with E-state index in [2.05, 4.69) is 9.88 Å². The lowest BCUT2D eigenvalue weighted by Crippen LogP contribution is -2.38. The van der Waals surface area contributed by atoms with Gasteiger partial charge in [0, 0.05) is 37.8 Å². The van der Waals surface area contributed by atoms with Crippen LogP contribution in [0.3, 0.4) is 0 Å². The van der Waals surface area contributed by atoms with Crippen molar-refractivity contribution in [2.24, 2.45) is 0 Å². The lowest BCUT2D eigenvalue weighted by atomic mass is 10.3. The van der Waals surface area contributed by atoms with Crippen LogP contribution < -0.4 is 0 Å². The van der Waals surface area contributed by atoms with Gasteiger partial charge in [0.1, 0.15) is 5.69 Å². The second-order valence-electron chi connectivity index (χ2n) is 4.98. The van der Waals surface area contributed by atoms with E-state index in [0.717, 1.165) is 38.2 Å². The van der Waals surface area contributed by atoms with Crippen molar-refractivity contribution in [1.82, 2.24) is 14.5 Å². The Bertz CT molecular complexity index is 665. The first-order valence-corrected chi connectivity index (χ1v) is 7.22. The average Bonchev–Trinajstić information content (AvgIpc) is 2.86. The maximum absolute atomic E-state index is 11.4. The zero-order valence-electron chi connectivity index (χ0n) is 11.5. The minimum absolute atomic E-state index is 0.244. The number of fused-ring (bicyclic) bond motifs is 1. The maximum atomic E-state index is 11.4. The summed E-state index contributed by atoms with van der Waals surface area (Å²) in [5.74, 6) is -0.954. The van der Waals surface area contributed by atoms with Gasteiger partial charge in [-0.05, 0) is 12.1 Å². The number of nitrogens with zero attached hydrogens (tertiary/aromatic N) is 3. The van der Waals surface area contributed by atoms with E-state index in [-0.39, 0.29) is 5.69 Å². The van der Waals surface area contributed by atoms with Gasteiger partial charge in [-0.1, -0.05) is 11.6 Å². The van der Waals surface area contributed by atoms with Gasteiger partial charge < -0.3 is 14.4 Å². The van der Waals surface area contributed by atoms with Gasteiger partial charge in [-0.25, -0.2) is 9.78 Å². The van der Waals surface area contributed by atoms with Crippen LogP contribution in [-0.2, 0) is 11.3 Å². The molecule has 1 aliphatic rings. The summed E-state index contributed by atoms with van der Waals surface area (Å²) in [5.41, 5.74) is 0.929. The Hall–Kier alpha value is -1.63. The van der Waals surface area contributed by atoms with Crippen LogP contribution >= 0.6 is 11.6 Å². The highest BCUT2D eigenvalue weighted by molar-refractivity contribution is 6.34. The smallest absolute Gasteiger partial charge is 0.352 e. The number of aromatic carboxylic acids is 1. The molecule has 6 nitrogen and oxygen atoms in total.